The Labute approximate surface area is 144 Å². The molecule has 3 fully saturated rings. The van der Waals surface area contributed by atoms with Gasteiger partial charge in [-0.05, 0) is 68.4 Å². The van der Waals surface area contributed by atoms with Crippen molar-refractivity contribution < 1.29 is 14.3 Å². The van der Waals surface area contributed by atoms with Crippen molar-refractivity contribution in [1.29, 1.82) is 0 Å². The van der Waals surface area contributed by atoms with Gasteiger partial charge in [0.1, 0.15) is 0 Å². The van der Waals surface area contributed by atoms with E-state index in [2.05, 4.69) is 13.0 Å². The van der Waals surface area contributed by atoms with Gasteiger partial charge in [0.15, 0.2) is 5.78 Å². The van der Waals surface area contributed by atoms with Crippen LogP contribution in [-0.2, 0) is 14.3 Å². The van der Waals surface area contributed by atoms with Gasteiger partial charge in [-0.2, -0.15) is 0 Å². The number of hydrogen-bond donors (Lipinski definition) is 0. The van der Waals surface area contributed by atoms with Crippen molar-refractivity contribution >= 4 is 11.8 Å². The van der Waals surface area contributed by atoms with Crippen LogP contribution in [0.2, 0.25) is 0 Å². The summed E-state index contributed by atoms with van der Waals surface area (Å²) >= 11 is 0. The summed E-state index contributed by atoms with van der Waals surface area (Å²) in [6, 6.07) is 0. The van der Waals surface area contributed by atoms with Crippen LogP contribution in [0.5, 0.6) is 0 Å². The van der Waals surface area contributed by atoms with Gasteiger partial charge in [-0.3, -0.25) is 9.59 Å². The summed E-state index contributed by atoms with van der Waals surface area (Å²) in [5.41, 5.74) is 1.63. The van der Waals surface area contributed by atoms with Crippen molar-refractivity contribution in [2.75, 3.05) is 6.61 Å². The number of hydrogen-bond acceptors (Lipinski definition) is 3. The maximum Gasteiger partial charge on any atom is 0.302 e. The van der Waals surface area contributed by atoms with E-state index < -0.39 is 0 Å². The van der Waals surface area contributed by atoms with Crippen molar-refractivity contribution in [3.05, 3.63) is 23.8 Å². The van der Waals surface area contributed by atoms with Crippen LogP contribution in [0.1, 0.15) is 58.8 Å². The predicted molar refractivity (Wildman–Crippen MR) is 92.2 cm³/mol. The van der Waals surface area contributed by atoms with Gasteiger partial charge in [0.2, 0.25) is 0 Å². The lowest BCUT2D eigenvalue weighted by Gasteiger charge is -2.56. The molecule has 130 valence electrons. The number of rotatable bonds is 2. The van der Waals surface area contributed by atoms with Crippen LogP contribution in [0.15, 0.2) is 23.8 Å². The molecule has 4 aliphatic carbocycles. The third-order valence-electron chi connectivity index (χ3n) is 7.65. The Balaban J connectivity index is 1.62. The lowest BCUT2D eigenvalue weighted by molar-refractivity contribution is -0.149. The number of allylic oxidation sites excluding steroid dienone is 4. The van der Waals surface area contributed by atoms with Crippen molar-refractivity contribution in [1.82, 2.24) is 0 Å². The number of esters is 1. The molecule has 4 rings (SSSR count). The van der Waals surface area contributed by atoms with Crippen LogP contribution < -0.4 is 0 Å². The Hall–Kier alpha value is -1.38. The van der Waals surface area contributed by atoms with Gasteiger partial charge in [0, 0.05) is 17.8 Å². The Bertz CT molecular complexity index is 631. The topological polar surface area (TPSA) is 43.4 Å². The fraction of sp³-hybridized carbons (Fsp3) is 0.714. The van der Waals surface area contributed by atoms with E-state index in [1.165, 1.54) is 44.6 Å². The minimum Gasteiger partial charge on any atom is -0.465 e. The molecule has 0 aromatic carbocycles. The lowest BCUT2D eigenvalue weighted by Crippen LogP contribution is -2.50. The number of carbonyl (C=O) groups is 2. The molecule has 0 saturated heterocycles. The molecule has 3 heteroatoms. The molecule has 0 heterocycles. The molecule has 3 saturated carbocycles. The van der Waals surface area contributed by atoms with E-state index in [-0.39, 0.29) is 22.6 Å². The molecule has 0 amide bonds. The first-order chi connectivity index (χ1) is 11.4. The first-order valence-corrected chi connectivity index (χ1v) is 9.52. The SMILES string of the molecule is CC(=O)OC[C@@]12CCC[C@H]1[C@@H]1CCC3=CC(=O)C=C[C@]3(C)[C@H]1CC2. The maximum atomic E-state index is 11.8. The third kappa shape index (κ3) is 2.31. The smallest absolute Gasteiger partial charge is 0.302 e. The van der Waals surface area contributed by atoms with Crippen LogP contribution >= 0.6 is 0 Å². The van der Waals surface area contributed by atoms with Crippen molar-refractivity contribution in [3.63, 3.8) is 0 Å². The van der Waals surface area contributed by atoms with E-state index in [0.717, 1.165) is 12.8 Å². The molecule has 5 atom stereocenters. The highest BCUT2D eigenvalue weighted by Crippen LogP contribution is 2.64. The summed E-state index contributed by atoms with van der Waals surface area (Å²) < 4.78 is 5.50. The largest absolute Gasteiger partial charge is 0.465 e. The van der Waals surface area contributed by atoms with Gasteiger partial charge in [0.25, 0.3) is 0 Å². The zero-order chi connectivity index (χ0) is 16.9. The summed E-state index contributed by atoms with van der Waals surface area (Å²) in [4.78, 5) is 23.1. The van der Waals surface area contributed by atoms with Gasteiger partial charge in [-0.25, -0.2) is 0 Å². The van der Waals surface area contributed by atoms with Gasteiger partial charge in [0.05, 0.1) is 6.61 Å². The number of ketones is 1. The molecule has 0 aromatic rings. The van der Waals surface area contributed by atoms with Crippen molar-refractivity contribution in [2.24, 2.45) is 28.6 Å². The highest BCUT2D eigenvalue weighted by Gasteiger charge is 2.57. The standard InChI is InChI=1S/C21H28O3/c1-14(22)24-13-21-9-3-4-19(21)17-6-5-15-12-16(23)7-10-20(15,2)18(17)8-11-21/h7,10,12,17-19H,3-6,8-9,11,13H2,1-2H3/t17-,18+,19+,20+,21+/m1/s1. The molecular weight excluding hydrogens is 300 g/mol. The summed E-state index contributed by atoms with van der Waals surface area (Å²) in [5.74, 6) is 2.03. The second-order valence-corrected chi connectivity index (χ2v) is 8.68. The average Bonchev–Trinajstić information content (AvgIpc) is 2.98. The van der Waals surface area contributed by atoms with Crippen LogP contribution in [0.4, 0.5) is 0 Å². The van der Waals surface area contributed by atoms with Crippen molar-refractivity contribution in [3.8, 4) is 0 Å². The summed E-state index contributed by atoms with van der Waals surface area (Å²) in [5, 5.41) is 0. The molecule has 4 aliphatic rings. The zero-order valence-electron chi connectivity index (χ0n) is 14.8. The first kappa shape index (κ1) is 16.1. The van der Waals surface area contributed by atoms with Gasteiger partial charge in [-0.15, -0.1) is 0 Å². The third-order valence-corrected chi connectivity index (χ3v) is 7.65. The van der Waals surface area contributed by atoms with Crippen LogP contribution in [0, 0.1) is 28.6 Å². The van der Waals surface area contributed by atoms with E-state index in [4.69, 9.17) is 4.74 Å². The van der Waals surface area contributed by atoms with Crippen LogP contribution in [-0.4, -0.2) is 18.4 Å². The van der Waals surface area contributed by atoms with Gasteiger partial charge < -0.3 is 4.74 Å². The summed E-state index contributed by atoms with van der Waals surface area (Å²) in [6.07, 6.45) is 14.2. The minimum atomic E-state index is -0.147. The van der Waals surface area contributed by atoms with E-state index >= 15 is 0 Å². The highest BCUT2D eigenvalue weighted by molar-refractivity contribution is 6.01. The molecule has 0 radical (unpaired) electrons. The predicted octanol–water partition coefficient (Wildman–Crippen LogP) is 4.23. The maximum absolute atomic E-state index is 11.8. The summed E-state index contributed by atoms with van der Waals surface area (Å²) in [6.45, 7) is 4.48. The molecule has 3 nitrogen and oxygen atoms in total. The van der Waals surface area contributed by atoms with E-state index in [0.29, 0.717) is 24.4 Å². The Morgan fingerprint density at radius 3 is 2.88 bits per heavy atom. The molecule has 24 heavy (non-hydrogen) atoms. The molecule has 0 spiro atoms. The highest BCUT2D eigenvalue weighted by atomic mass is 16.5. The second kappa shape index (κ2) is 5.57. The minimum absolute atomic E-state index is 0.0625. The number of ether oxygens (including phenoxy) is 1. The van der Waals surface area contributed by atoms with Gasteiger partial charge in [-0.1, -0.05) is 25.0 Å². The zero-order valence-corrected chi connectivity index (χ0v) is 14.8. The molecular formula is C21H28O3. The molecule has 0 aromatic heterocycles. The molecule has 0 unspecified atom stereocenters. The van der Waals surface area contributed by atoms with Crippen molar-refractivity contribution in [2.45, 2.75) is 58.8 Å². The van der Waals surface area contributed by atoms with Crippen LogP contribution in [0.3, 0.4) is 0 Å². The Morgan fingerprint density at radius 1 is 1.25 bits per heavy atom. The molecule has 0 N–H and O–H groups in total. The Morgan fingerprint density at radius 2 is 2.08 bits per heavy atom. The Kier molecular flexibility index (Phi) is 3.74. The normalized spacial score (nSPS) is 43.5. The molecule has 0 aliphatic heterocycles. The monoisotopic (exact) mass is 328 g/mol. The number of fused-ring (bicyclic) bond motifs is 5. The quantitative estimate of drug-likeness (QED) is 0.713. The van der Waals surface area contributed by atoms with E-state index in [1.807, 2.05) is 6.08 Å². The van der Waals surface area contributed by atoms with Gasteiger partial charge >= 0.3 is 5.97 Å². The first-order valence-electron chi connectivity index (χ1n) is 9.52. The fourth-order valence-electron chi connectivity index (χ4n) is 6.49. The molecule has 0 bridgehead atoms. The average molecular weight is 328 g/mol. The second-order valence-electron chi connectivity index (χ2n) is 8.68. The van der Waals surface area contributed by atoms with Crippen LogP contribution in [0.25, 0.3) is 0 Å². The van der Waals surface area contributed by atoms with E-state index in [9.17, 15) is 9.59 Å². The van der Waals surface area contributed by atoms with E-state index in [1.54, 1.807) is 6.08 Å². The summed E-state index contributed by atoms with van der Waals surface area (Å²) in [7, 11) is 0. The number of carbonyl (C=O) groups excluding carboxylic acids is 2. The lowest BCUT2D eigenvalue weighted by atomic mass is 9.48. The fourth-order valence-corrected chi connectivity index (χ4v) is 6.49.